The molecule has 0 heterocycles. The Morgan fingerprint density at radius 2 is 2.00 bits per heavy atom. The summed E-state index contributed by atoms with van der Waals surface area (Å²) in [5.41, 5.74) is 2.47. The van der Waals surface area contributed by atoms with Crippen molar-refractivity contribution in [2.24, 2.45) is 0 Å². The Morgan fingerprint density at radius 3 is 2.33 bits per heavy atom. The molecular formula is C9H18O2Si. The molecule has 0 saturated carbocycles. The fraction of sp³-hybridized carbons (Fsp3) is 0.667. The van der Waals surface area contributed by atoms with Crippen molar-refractivity contribution in [3.63, 3.8) is 0 Å². The van der Waals surface area contributed by atoms with Gasteiger partial charge in [0.05, 0.1) is 8.07 Å². The van der Waals surface area contributed by atoms with Crippen molar-refractivity contribution in [2.45, 2.75) is 39.4 Å². The molecule has 0 fully saturated rings. The van der Waals surface area contributed by atoms with Crippen molar-refractivity contribution in [1.29, 1.82) is 0 Å². The maximum atomic E-state index is 10.5. The van der Waals surface area contributed by atoms with Crippen LogP contribution in [0, 0.1) is 0 Å². The standard InChI is InChI=1S/C9H18O2Si/c1-5-6-12(3,4)7-8(2)9(10)11/h7H,5-6H2,1-4H3,(H,10,11). The van der Waals surface area contributed by atoms with E-state index in [-0.39, 0.29) is 0 Å². The molecule has 0 unspecified atom stereocenters. The predicted molar refractivity (Wildman–Crippen MR) is 54.0 cm³/mol. The largest absolute Gasteiger partial charge is 0.478 e. The van der Waals surface area contributed by atoms with E-state index in [0.29, 0.717) is 5.57 Å². The van der Waals surface area contributed by atoms with Gasteiger partial charge in [-0.05, 0) is 6.92 Å². The molecule has 3 heteroatoms. The van der Waals surface area contributed by atoms with Gasteiger partial charge in [0, 0.05) is 5.57 Å². The Kier molecular flexibility index (Phi) is 4.24. The molecule has 0 spiro atoms. The van der Waals surface area contributed by atoms with E-state index in [0.717, 1.165) is 12.5 Å². The van der Waals surface area contributed by atoms with Gasteiger partial charge in [0.2, 0.25) is 0 Å². The van der Waals surface area contributed by atoms with Crippen LogP contribution in [-0.4, -0.2) is 19.1 Å². The van der Waals surface area contributed by atoms with Gasteiger partial charge in [0.1, 0.15) is 0 Å². The molecule has 0 bridgehead atoms. The molecule has 0 aromatic rings. The molecule has 0 aromatic carbocycles. The summed E-state index contributed by atoms with van der Waals surface area (Å²) in [4.78, 5) is 10.5. The van der Waals surface area contributed by atoms with Crippen molar-refractivity contribution in [2.75, 3.05) is 0 Å². The molecule has 0 radical (unpaired) electrons. The Bertz CT molecular complexity index is 195. The summed E-state index contributed by atoms with van der Waals surface area (Å²) < 4.78 is 0. The van der Waals surface area contributed by atoms with Gasteiger partial charge in [-0.1, -0.05) is 38.2 Å². The molecule has 0 atom stereocenters. The van der Waals surface area contributed by atoms with Crippen LogP contribution in [-0.2, 0) is 4.79 Å². The van der Waals surface area contributed by atoms with Gasteiger partial charge in [-0.2, -0.15) is 0 Å². The van der Waals surface area contributed by atoms with Crippen molar-refractivity contribution in [3.8, 4) is 0 Å². The quantitative estimate of drug-likeness (QED) is 0.541. The first kappa shape index (κ1) is 11.4. The lowest BCUT2D eigenvalue weighted by molar-refractivity contribution is -0.132. The normalized spacial score (nSPS) is 13.2. The molecule has 2 nitrogen and oxygen atoms in total. The summed E-state index contributed by atoms with van der Waals surface area (Å²) >= 11 is 0. The summed E-state index contributed by atoms with van der Waals surface area (Å²) in [5.74, 6) is -0.785. The molecule has 0 aliphatic rings. The molecule has 12 heavy (non-hydrogen) atoms. The van der Waals surface area contributed by atoms with E-state index in [1.54, 1.807) is 6.92 Å². The topological polar surface area (TPSA) is 37.3 Å². The predicted octanol–water partition coefficient (Wildman–Crippen LogP) is 2.67. The van der Waals surface area contributed by atoms with E-state index in [1.165, 1.54) is 0 Å². The zero-order valence-electron chi connectivity index (χ0n) is 8.35. The third-order valence-corrected chi connectivity index (χ3v) is 4.84. The first-order valence-electron chi connectivity index (χ1n) is 4.32. The van der Waals surface area contributed by atoms with Crippen LogP contribution in [0.3, 0.4) is 0 Å². The molecule has 1 N–H and O–H groups in total. The van der Waals surface area contributed by atoms with Crippen molar-refractivity contribution in [3.05, 3.63) is 11.3 Å². The Balaban J connectivity index is 4.38. The molecule has 0 amide bonds. The highest BCUT2D eigenvalue weighted by atomic mass is 28.3. The first-order valence-corrected chi connectivity index (χ1v) is 7.60. The van der Waals surface area contributed by atoms with Crippen LogP contribution >= 0.6 is 0 Å². The third-order valence-electron chi connectivity index (χ3n) is 1.84. The number of carboxylic acids is 1. The van der Waals surface area contributed by atoms with Crippen LogP contribution in [0.15, 0.2) is 11.3 Å². The van der Waals surface area contributed by atoms with Gasteiger partial charge in [-0.3, -0.25) is 0 Å². The smallest absolute Gasteiger partial charge is 0.330 e. The van der Waals surface area contributed by atoms with Crippen molar-refractivity contribution < 1.29 is 9.90 Å². The van der Waals surface area contributed by atoms with Crippen LogP contribution in [0.25, 0.3) is 0 Å². The third kappa shape index (κ3) is 4.33. The number of carbonyl (C=O) groups is 1. The van der Waals surface area contributed by atoms with E-state index in [2.05, 4.69) is 20.0 Å². The maximum Gasteiger partial charge on any atom is 0.330 e. The molecular weight excluding hydrogens is 168 g/mol. The lowest BCUT2D eigenvalue weighted by Crippen LogP contribution is -2.23. The lowest BCUT2D eigenvalue weighted by atomic mass is 10.4. The average molecular weight is 186 g/mol. The molecule has 0 rings (SSSR count). The highest BCUT2D eigenvalue weighted by Crippen LogP contribution is 2.15. The summed E-state index contributed by atoms with van der Waals surface area (Å²) in [5, 5.41) is 8.67. The molecule has 0 aliphatic carbocycles. The van der Waals surface area contributed by atoms with Crippen molar-refractivity contribution in [1.82, 2.24) is 0 Å². The zero-order chi connectivity index (χ0) is 9.78. The van der Waals surface area contributed by atoms with Crippen LogP contribution in [0.2, 0.25) is 19.1 Å². The summed E-state index contributed by atoms with van der Waals surface area (Å²) in [6, 6.07) is 1.16. The fourth-order valence-electron chi connectivity index (χ4n) is 1.36. The molecule has 0 aromatic heterocycles. The molecule has 0 aliphatic heterocycles. The van der Waals surface area contributed by atoms with Gasteiger partial charge < -0.3 is 5.11 Å². The summed E-state index contributed by atoms with van der Waals surface area (Å²) in [7, 11) is -1.37. The fourth-order valence-corrected chi connectivity index (χ4v) is 4.09. The number of hydrogen-bond acceptors (Lipinski definition) is 1. The number of rotatable bonds is 4. The van der Waals surface area contributed by atoms with E-state index in [4.69, 9.17) is 5.11 Å². The number of hydrogen-bond donors (Lipinski definition) is 1. The SMILES string of the molecule is CCC[Si](C)(C)C=C(C)C(=O)O. The highest BCUT2D eigenvalue weighted by molar-refractivity contribution is 6.82. The van der Waals surface area contributed by atoms with Crippen LogP contribution in [0.1, 0.15) is 20.3 Å². The summed E-state index contributed by atoms with van der Waals surface area (Å²) in [6.07, 6.45) is 1.14. The van der Waals surface area contributed by atoms with E-state index in [1.807, 2.05) is 5.70 Å². The second kappa shape index (κ2) is 4.45. The maximum absolute atomic E-state index is 10.5. The molecule has 0 saturated heterocycles. The van der Waals surface area contributed by atoms with Gasteiger partial charge in [-0.25, -0.2) is 4.79 Å². The molecule has 70 valence electrons. The van der Waals surface area contributed by atoms with Crippen molar-refractivity contribution >= 4 is 14.0 Å². The highest BCUT2D eigenvalue weighted by Gasteiger charge is 2.17. The van der Waals surface area contributed by atoms with E-state index in [9.17, 15) is 4.79 Å². The minimum Gasteiger partial charge on any atom is -0.478 e. The van der Waals surface area contributed by atoms with Gasteiger partial charge in [-0.15, -0.1) is 0 Å². The number of carboxylic acid groups (broad SMARTS) is 1. The van der Waals surface area contributed by atoms with Crippen LogP contribution in [0.5, 0.6) is 0 Å². The van der Waals surface area contributed by atoms with E-state index < -0.39 is 14.0 Å². The number of aliphatic carboxylic acids is 1. The van der Waals surface area contributed by atoms with Gasteiger partial charge >= 0.3 is 5.97 Å². The Labute approximate surface area is 75.3 Å². The second-order valence-corrected chi connectivity index (χ2v) is 8.64. The van der Waals surface area contributed by atoms with Crippen LogP contribution in [0.4, 0.5) is 0 Å². The Hall–Kier alpha value is -0.573. The first-order chi connectivity index (χ1) is 5.39. The Morgan fingerprint density at radius 1 is 1.50 bits per heavy atom. The second-order valence-electron chi connectivity index (χ2n) is 3.87. The minimum atomic E-state index is -1.37. The minimum absolute atomic E-state index is 0.500. The van der Waals surface area contributed by atoms with Crippen LogP contribution < -0.4 is 0 Å². The average Bonchev–Trinajstić information content (AvgIpc) is 1.85. The zero-order valence-corrected chi connectivity index (χ0v) is 9.35. The monoisotopic (exact) mass is 186 g/mol. The van der Waals surface area contributed by atoms with Gasteiger partial charge in [0.25, 0.3) is 0 Å². The summed E-state index contributed by atoms with van der Waals surface area (Å²) in [6.45, 7) is 8.21. The van der Waals surface area contributed by atoms with E-state index >= 15 is 0 Å². The van der Waals surface area contributed by atoms with Gasteiger partial charge in [0.15, 0.2) is 0 Å². The lowest BCUT2D eigenvalue weighted by Gasteiger charge is -2.16.